The molecule has 1 rings (SSSR count). The number of aromatic nitrogens is 1. The number of aromatic hydroxyl groups is 1. The third-order valence-corrected chi connectivity index (χ3v) is 2.67. The molecule has 0 saturated carbocycles. The second-order valence-electron chi connectivity index (χ2n) is 3.58. The Kier molecular flexibility index (Phi) is 5.55. The van der Waals surface area contributed by atoms with Gasteiger partial charge in [0.05, 0.1) is 5.69 Å². The number of nitrogens with zero attached hydrogens (tertiary/aromatic N) is 1. The summed E-state index contributed by atoms with van der Waals surface area (Å²) < 4.78 is 7.02. The maximum absolute atomic E-state index is 11.4. The van der Waals surface area contributed by atoms with Crippen LogP contribution in [0.25, 0.3) is 0 Å². The number of pyridine rings is 1. The molecule has 1 aromatic heterocycles. The minimum Gasteiger partial charge on any atom is -0.503 e. The topological polar surface area (TPSA) is 51.5 Å². The molecule has 0 aliphatic heterocycles. The number of aryl methyl sites for hydroxylation is 1. The number of methoxy groups -OCH3 is 1. The smallest absolute Gasteiger partial charge is 0.223 e. The zero-order chi connectivity index (χ0) is 11.6. The van der Waals surface area contributed by atoms with E-state index in [1.807, 2.05) is 20.9 Å². The molecule has 0 amide bonds. The van der Waals surface area contributed by atoms with Crippen molar-refractivity contribution in [3.05, 3.63) is 27.7 Å². The van der Waals surface area contributed by atoms with Crippen molar-refractivity contribution in [2.45, 2.75) is 26.4 Å². The Labute approximate surface area is 101 Å². The highest BCUT2D eigenvalue weighted by Gasteiger charge is 2.18. The van der Waals surface area contributed by atoms with Gasteiger partial charge in [0, 0.05) is 25.9 Å². The van der Waals surface area contributed by atoms with Crippen LogP contribution in [0.2, 0.25) is 0 Å². The highest BCUT2D eigenvalue weighted by atomic mass is 35.5. The van der Waals surface area contributed by atoms with Crippen molar-refractivity contribution in [1.29, 1.82) is 0 Å². The highest BCUT2D eigenvalue weighted by molar-refractivity contribution is 5.85. The second kappa shape index (κ2) is 5.92. The molecule has 0 aliphatic carbocycles. The Bertz CT molecular complexity index is 410. The molecule has 0 aromatic carbocycles. The Morgan fingerprint density at radius 1 is 1.56 bits per heavy atom. The first kappa shape index (κ1) is 15.0. The lowest BCUT2D eigenvalue weighted by atomic mass is 10.1. The Balaban J connectivity index is 0.00000225. The first-order chi connectivity index (χ1) is 7.02. The van der Waals surface area contributed by atoms with Crippen LogP contribution in [0.5, 0.6) is 5.75 Å². The summed E-state index contributed by atoms with van der Waals surface area (Å²) in [6, 6.07) is 1.42. The Hall–Kier alpha value is -1.00. The predicted octanol–water partition coefficient (Wildman–Crippen LogP) is 1.92. The minimum absolute atomic E-state index is 0. The fraction of sp³-hybridized carbons (Fsp3) is 0.545. The molecule has 1 heterocycles. The SMILES string of the molecule is CCC(OC)c1c(O)c(=O)cc(C)n1C.Cl. The Morgan fingerprint density at radius 2 is 2.12 bits per heavy atom. The monoisotopic (exact) mass is 247 g/mol. The number of hydrogen-bond acceptors (Lipinski definition) is 3. The van der Waals surface area contributed by atoms with Gasteiger partial charge in [0.15, 0.2) is 5.75 Å². The molecule has 1 unspecified atom stereocenters. The third kappa shape index (κ3) is 2.57. The van der Waals surface area contributed by atoms with Gasteiger partial charge in [-0.3, -0.25) is 4.79 Å². The van der Waals surface area contributed by atoms with E-state index < -0.39 is 0 Å². The van der Waals surface area contributed by atoms with Gasteiger partial charge in [0.2, 0.25) is 5.43 Å². The number of rotatable bonds is 3. The first-order valence-corrected chi connectivity index (χ1v) is 4.95. The molecule has 0 bridgehead atoms. The van der Waals surface area contributed by atoms with Crippen molar-refractivity contribution in [1.82, 2.24) is 4.57 Å². The average Bonchev–Trinajstić information content (AvgIpc) is 2.21. The summed E-state index contributed by atoms with van der Waals surface area (Å²) in [6.45, 7) is 3.77. The molecule has 1 N–H and O–H groups in total. The lowest BCUT2D eigenvalue weighted by Gasteiger charge is -2.20. The van der Waals surface area contributed by atoms with Crippen LogP contribution in [0.1, 0.15) is 30.8 Å². The minimum atomic E-state index is -0.351. The molecule has 4 nitrogen and oxygen atoms in total. The van der Waals surface area contributed by atoms with Gasteiger partial charge in [-0.05, 0) is 13.3 Å². The van der Waals surface area contributed by atoms with E-state index in [-0.39, 0.29) is 29.7 Å². The van der Waals surface area contributed by atoms with E-state index in [2.05, 4.69) is 0 Å². The van der Waals surface area contributed by atoms with Crippen molar-refractivity contribution >= 4 is 12.4 Å². The quantitative estimate of drug-likeness (QED) is 0.888. The van der Waals surface area contributed by atoms with E-state index in [0.29, 0.717) is 12.1 Å². The Morgan fingerprint density at radius 3 is 2.56 bits per heavy atom. The molecule has 5 heteroatoms. The van der Waals surface area contributed by atoms with Crippen LogP contribution in [-0.4, -0.2) is 16.8 Å². The van der Waals surface area contributed by atoms with E-state index in [1.54, 1.807) is 11.7 Å². The van der Waals surface area contributed by atoms with Gasteiger partial charge in [-0.15, -0.1) is 12.4 Å². The summed E-state index contributed by atoms with van der Waals surface area (Å²) >= 11 is 0. The summed E-state index contributed by atoms with van der Waals surface area (Å²) in [7, 11) is 3.38. The molecular formula is C11H18ClNO3. The molecule has 0 fully saturated rings. The van der Waals surface area contributed by atoms with E-state index >= 15 is 0 Å². The van der Waals surface area contributed by atoms with Gasteiger partial charge in [-0.25, -0.2) is 0 Å². The summed E-state index contributed by atoms with van der Waals surface area (Å²) in [5, 5.41) is 9.72. The van der Waals surface area contributed by atoms with Crippen LogP contribution in [0.3, 0.4) is 0 Å². The van der Waals surface area contributed by atoms with Crippen LogP contribution in [0.4, 0.5) is 0 Å². The average molecular weight is 248 g/mol. The molecule has 0 radical (unpaired) electrons. The summed E-state index contributed by atoms with van der Waals surface area (Å²) in [5.41, 5.74) is 1.00. The first-order valence-electron chi connectivity index (χ1n) is 4.95. The van der Waals surface area contributed by atoms with Gasteiger partial charge in [0.1, 0.15) is 6.10 Å². The van der Waals surface area contributed by atoms with Crippen LogP contribution < -0.4 is 5.43 Å². The number of halogens is 1. The molecule has 0 spiro atoms. The van der Waals surface area contributed by atoms with Crippen LogP contribution in [-0.2, 0) is 11.8 Å². The van der Waals surface area contributed by atoms with Gasteiger partial charge in [-0.1, -0.05) is 6.92 Å². The molecule has 1 atom stereocenters. The summed E-state index contributed by atoms with van der Waals surface area (Å²) in [4.78, 5) is 11.4. The van der Waals surface area contributed by atoms with Crippen LogP contribution >= 0.6 is 12.4 Å². The van der Waals surface area contributed by atoms with E-state index in [0.717, 1.165) is 5.69 Å². The second-order valence-corrected chi connectivity index (χ2v) is 3.58. The van der Waals surface area contributed by atoms with E-state index in [9.17, 15) is 9.90 Å². The highest BCUT2D eigenvalue weighted by Crippen LogP contribution is 2.26. The zero-order valence-electron chi connectivity index (χ0n) is 9.98. The van der Waals surface area contributed by atoms with Crippen molar-refractivity contribution in [3.63, 3.8) is 0 Å². The van der Waals surface area contributed by atoms with E-state index in [4.69, 9.17) is 4.74 Å². The van der Waals surface area contributed by atoms with Crippen LogP contribution in [0, 0.1) is 6.92 Å². The fourth-order valence-corrected chi connectivity index (χ4v) is 1.67. The van der Waals surface area contributed by atoms with E-state index in [1.165, 1.54) is 6.07 Å². The maximum Gasteiger partial charge on any atom is 0.223 e. The summed E-state index contributed by atoms with van der Waals surface area (Å²) in [6.07, 6.45) is 0.462. The van der Waals surface area contributed by atoms with Gasteiger partial charge in [0.25, 0.3) is 0 Å². The molecular weight excluding hydrogens is 230 g/mol. The molecule has 1 aromatic rings. The van der Waals surface area contributed by atoms with Crippen molar-refractivity contribution in [2.75, 3.05) is 7.11 Å². The molecule has 92 valence electrons. The van der Waals surface area contributed by atoms with Crippen molar-refractivity contribution in [3.8, 4) is 5.75 Å². The summed E-state index contributed by atoms with van der Waals surface area (Å²) in [5.74, 6) is -0.211. The van der Waals surface area contributed by atoms with Crippen molar-refractivity contribution < 1.29 is 9.84 Å². The standard InChI is InChI=1S/C11H17NO3.ClH/c1-5-9(15-4)10-11(14)8(13)6-7(2)12(10)3;/h6,9,14H,5H2,1-4H3;1H. The fourth-order valence-electron chi connectivity index (χ4n) is 1.67. The third-order valence-electron chi connectivity index (χ3n) is 2.67. The predicted molar refractivity (Wildman–Crippen MR) is 65.4 cm³/mol. The zero-order valence-corrected chi connectivity index (χ0v) is 10.8. The van der Waals surface area contributed by atoms with Crippen molar-refractivity contribution in [2.24, 2.45) is 7.05 Å². The van der Waals surface area contributed by atoms with Crippen LogP contribution in [0.15, 0.2) is 10.9 Å². The maximum atomic E-state index is 11.4. The largest absolute Gasteiger partial charge is 0.503 e. The number of ether oxygens (including phenoxy) is 1. The normalized spacial score (nSPS) is 12.0. The van der Waals surface area contributed by atoms with Gasteiger partial charge < -0.3 is 14.4 Å². The van der Waals surface area contributed by atoms with Gasteiger partial charge >= 0.3 is 0 Å². The van der Waals surface area contributed by atoms with Gasteiger partial charge in [-0.2, -0.15) is 0 Å². The molecule has 0 saturated heterocycles. The molecule has 0 aliphatic rings. The number of hydrogen-bond donors (Lipinski definition) is 1. The molecule has 16 heavy (non-hydrogen) atoms. The lowest BCUT2D eigenvalue weighted by molar-refractivity contribution is 0.0904. The lowest BCUT2D eigenvalue weighted by Crippen LogP contribution is -2.17.